The Morgan fingerprint density at radius 2 is 2.00 bits per heavy atom. The first-order chi connectivity index (χ1) is 15.2. The molecule has 3 amide bonds. The molecule has 1 aliphatic carbocycles. The Morgan fingerprint density at radius 3 is 2.66 bits per heavy atom. The molecule has 0 radical (unpaired) electrons. The van der Waals surface area contributed by atoms with E-state index in [9.17, 15) is 14.4 Å². The van der Waals surface area contributed by atoms with Gasteiger partial charge < -0.3 is 26.0 Å². The molecule has 2 aliphatic heterocycles. The summed E-state index contributed by atoms with van der Waals surface area (Å²) in [6, 6.07) is 6.73. The maximum Gasteiger partial charge on any atom is 0.267 e. The van der Waals surface area contributed by atoms with Crippen molar-refractivity contribution in [3.05, 3.63) is 29.8 Å². The standard InChI is InChI=1S/C23H31N5O4/c1-23(2)10-14(12-32-23)27-22(31)18-9-13-8-17(13)28(18)19(29)11-26-16-7-5-4-6-15(16)20(25-3)21(24)30/h4-7,13-14,17-18,26H,8-12H2,1-3H3,(H2,24,30)(H,27,31)/t13-,14-,17-,18+/m1/s1. The van der Waals surface area contributed by atoms with Crippen LogP contribution in [-0.4, -0.2) is 72.3 Å². The summed E-state index contributed by atoms with van der Waals surface area (Å²) < 4.78 is 5.72. The Balaban J connectivity index is 1.41. The number of carbonyl (C=O) groups is 3. The molecule has 32 heavy (non-hydrogen) atoms. The summed E-state index contributed by atoms with van der Waals surface area (Å²) in [5, 5.41) is 6.19. The van der Waals surface area contributed by atoms with Gasteiger partial charge in [0.1, 0.15) is 11.8 Å². The van der Waals surface area contributed by atoms with Crippen molar-refractivity contribution in [3.63, 3.8) is 0 Å². The third-order valence-corrected chi connectivity index (χ3v) is 6.52. The molecule has 4 rings (SSSR count). The maximum absolute atomic E-state index is 13.1. The smallest absolute Gasteiger partial charge is 0.267 e. The van der Waals surface area contributed by atoms with Crippen LogP contribution in [0.2, 0.25) is 0 Å². The largest absolute Gasteiger partial charge is 0.376 e. The van der Waals surface area contributed by atoms with Crippen LogP contribution in [0.5, 0.6) is 0 Å². The predicted octanol–water partition coefficient (Wildman–Crippen LogP) is 0.676. The highest BCUT2D eigenvalue weighted by atomic mass is 16.5. The van der Waals surface area contributed by atoms with E-state index in [2.05, 4.69) is 15.6 Å². The number of hydrogen-bond donors (Lipinski definition) is 3. The van der Waals surface area contributed by atoms with Gasteiger partial charge in [0.05, 0.1) is 24.8 Å². The predicted molar refractivity (Wildman–Crippen MR) is 120 cm³/mol. The minimum Gasteiger partial charge on any atom is -0.376 e. The molecule has 1 aromatic rings. The van der Waals surface area contributed by atoms with Crippen LogP contribution in [0.3, 0.4) is 0 Å². The zero-order chi connectivity index (χ0) is 23.0. The maximum atomic E-state index is 13.1. The molecule has 0 unspecified atom stereocenters. The highest BCUT2D eigenvalue weighted by Crippen LogP contribution is 2.48. The van der Waals surface area contributed by atoms with Crippen molar-refractivity contribution in [2.75, 3.05) is 25.5 Å². The van der Waals surface area contributed by atoms with Crippen molar-refractivity contribution in [1.82, 2.24) is 10.2 Å². The summed E-state index contributed by atoms with van der Waals surface area (Å²) in [5.41, 5.74) is 6.47. The Kier molecular flexibility index (Phi) is 5.94. The molecule has 0 bridgehead atoms. The third kappa shape index (κ3) is 4.48. The van der Waals surface area contributed by atoms with E-state index in [1.54, 1.807) is 29.2 Å². The van der Waals surface area contributed by atoms with Gasteiger partial charge in [-0.15, -0.1) is 0 Å². The van der Waals surface area contributed by atoms with E-state index in [0.29, 0.717) is 30.2 Å². The molecule has 0 spiro atoms. The Morgan fingerprint density at radius 1 is 1.25 bits per heavy atom. The molecular formula is C23H31N5O4. The second-order valence-corrected chi connectivity index (χ2v) is 9.43. The summed E-state index contributed by atoms with van der Waals surface area (Å²) in [5.74, 6) is -0.482. The van der Waals surface area contributed by atoms with E-state index in [4.69, 9.17) is 10.5 Å². The first-order valence-electron chi connectivity index (χ1n) is 11.1. The summed E-state index contributed by atoms with van der Waals surface area (Å²) in [7, 11) is 1.50. The number of benzene rings is 1. The van der Waals surface area contributed by atoms with Crippen molar-refractivity contribution >= 4 is 29.1 Å². The molecule has 1 aromatic carbocycles. The molecular weight excluding hydrogens is 410 g/mol. The van der Waals surface area contributed by atoms with E-state index < -0.39 is 11.9 Å². The Hall–Kier alpha value is -2.94. The summed E-state index contributed by atoms with van der Waals surface area (Å²) >= 11 is 0. The number of rotatable bonds is 7. The molecule has 2 saturated heterocycles. The zero-order valence-electron chi connectivity index (χ0n) is 18.8. The highest BCUT2D eigenvalue weighted by molar-refractivity contribution is 6.46. The summed E-state index contributed by atoms with van der Waals surface area (Å²) in [6.45, 7) is 4.53. The van der Waals surface area contributed by atoms with Gasteiger partial charge in [-0.2, -0.15) is 0 Å². The van der Waals surface area contributed by atoms with Crippen molar-refractivity contribution < 1.29 is 19.1 Å². The van der Waals surface area contributed by atoms with Crippen molar-refractivity contribution in [3.8, 4) is 0 Å². The van der Waals surface area contributed by atoms with Crippen LogP contribution < -0.4 is 16.4 Å². The average Bonchev–Trinajstić information content (AvgIpc) is 3.26. The van der Waals surface area contributed by atoms with Gasteiger partial charge in [-0.1, -0.05) is 18.2 Å². The van der Waals surface area contributed by atoms with Crippen LogP contribution in [0.25, 0.3) is 0 Å². The fourth-order valence-corrected chi connectivity index (χ4v) is 4.95. The number of ether oxygens (including phenoxy) is 1. The highest BCUT2D eigenvalue weighted by Gasteiger charge is 2.56. The SMILES string of the molecule is CN=C(C(N)=O)c1ccccc1NCC(=O)N1[C@@H]2C[C@@H]2C[C@H]1C(=O)N[C@H]1COC(C)(C)C1. The summed E-state index contributed by atoms with van der Waals surface area (Å²) in [6.07, 6.45) is 2.40. The molecule has 172 valence electrons. The number of likely N-dealkylation sites (tertiary alicyclic amines) is 1. The van der Waals surface area contributed by atoms with Crippen LogP contribution in [-0.2, 0) is 19.1 Å². The number of nitrogens with zero attached hydrogens (tertiary/aromatic N) is 2. The van der Waals surface area contributed by atoms with Crippen LogP contribution in [0, 0.1) is 5.92 Å². The Labute approximate surface area is 187 Å². The number of carbonyl (C=O) groups excluding carboxylic acids is 3. The summed E-state index contributed by atoms with van der Waals surface area (Å²) in [4.78, 5) is 43.5. The van der Waals surface area contributed by atoms with Crippen LogP contribution in [0.1, 0.15) is 38.7 Å². The van der Waals surface area contributed by atoms with E-state index in [-0.39, 0.29) is 41.8 Å². The van der Waals surface area contributed by atoms with Crippen molar-refractivity contribution in [2.45, 2.75) is 56.8 Å². The Bertz CT molecular complexity index is 959. The zero-order valence-corrected chi connectivity index (χ0v) is 18.8. The number of para-hydroxylation sites is 1. The number of anilines is 1. The fourth-order valence-electron chi connectivity index (χ4n) is 4.95. The molecule has 3 fully saturated rings. The lowest BCUT2D eigenvalue weighted by molar-refractivity contribution is -0.138. The van der Waals surface area contributed by atoms with Gasteiger partial charge in [-0.05, 0) is 45.1 Å². The minimum absolute atomic E-state index is 0.0132. The first-order valence-corrected chi connectivity index (χ1v) is 11.1. The van der Waals surface area contributed by atoms with Crippen LogP contribution in [0.15, 0.2) is 29.3 Å². The number of nitrogens with two attached hydrogens (primary N) is 1. The van der Waals surface area contributed by atoms with Crippen molar-refractivity contribution in [2.24, 2.45) is 16.6 Å². The molecule has 4 atom stereocenters. The molecule has 1 saturated carbocycles. The quantitative estimate of drug-likeness (QED) is 0.537. The van der Waals surface area contributed by atoms with Crippen molar-refractivity contribution in [1.29, 1.82) is 0 Å². The normalized spacial score (nSPS) is 28.2. The molecule has 9 nitrogen and oxygen atoms in total. The number of hydrogen-bond acceptors (Lipinski definition) is 6. The molecule has 3 aliphatic rings. The number of piperidine rings is 1. The van der Waals surface area contributed by atoms with E-state index >= 15 is 0 Å². The lowest BCUT2D eigenvalue weighted by atomic mass is 10.0. The topological polar surface area (TPSA) is 126 Å². The lowest BCUT2D eigenvalue weighted by Crippen LogP contribution is -2.51. The second-order valence-electron chi connectivity index (χ2n) is 9.43. The third-order valence-electron chi connectivity index (χ3n) is 6.52. The van der Waals surface area contributed by atoms with Gasteiger partial charge in [0.15, 0.2) is 0 Å². The molecule has 0 aromatic heterocycles. The first kappa shape index (κ1) is 22.3. The molecule has 2 heterocycles. The number of amides is 3. The number of nitrogens with one attached hydrogen (secondary N) is 2. The lowest BCUT2D eigenvalue weighted by Gasteiger charge is -2.28. The van der Waals surface area contributed by atoms with Gasteiger partial charge >= 0.3 is 0 Å². The second kappa shape index (κ2) is 8.54. The average molecular weight is 442 g/mol. The van der Waals surface area contributed by atoms with Gasteiger partial charge in [0.2, 0.25) is 11.8 Å². The fraction of sp³-hybridized carbons (Fsp3) is 0.565. The van der Waals surface area contributed by atoms with E-state index in [1.807, 2.05) is 13.8 Å². The van der Waals surface area contributed by atoms with E-state index in [1.165, 1.54) is 7.05 Å². The van der Waals surface area contributed by atoms with Crippen LogP contribution in [0.4, 0.5) is 5.69 Å². The van der Waals surface area contributed by atoms with Gasteiger partial charge in [-0.3, -0.25) is 19.4 Å². The minimum atomic E-state index is -0.635. The van der Waals surface area contributed by atoms with E-state index in [0.717, 1.165) is 12.8 Å². The van der Waals surface area contributed by atoms with Gasteiger partial charge in [0, 0.05) is 24.3 Å². The van der Waals surface area contributed by atoms with Gasteiger partial charge in [0.25, 0.3) is 5.91 Å². The van der Waals surface area contributed by atoms with Crippen LogP contribution >= 0.6 is 0 Å². The number of aliphatic imine (C=N–C) groups is 1. The van der Waals surface area contributed by atoms with Gasteiger partial charge in [-0.25, -0.2) is 0 Å². The molecule has 9 heteroatoms. The number of primary amides is 1. The molecule has 4 N–H and O–H groups in total. The number of fused-ring (bicyclic) bond motifs is 1. The monoisotopic (exact) mass is 441 g/mol.